The molecule has 0 unspecified atom stereocenters. The van der Waals surface area contributed by atoms with E-state index in [1.807, 2.05) is 0 Å². The topological polar surface area (TPSA) is 111 Å². The molecule has 2 rings (SSSR count). The van der Waals surface area contributed by atoms with Crippen molar-refractivity contribution in [3.63, 3.8) is 0 Å². The second kappa shape index (κ2) is 20.4. The molecule has 20 heteroatoms. The Morgan fingerprint density at radius 1 is 0.696 bits per heavy atom. The minimum absolute atomic E-state index is 0.0655. The third-order valence-corrected chi connectivity index (χ3v) is 10.9. The number of ether oxygens (including phenoxy) is 2. The summed E-state index contributed by atoms with van der Waals surface area (Å²) in [6, 6.07) is 7.55. The van der Waals surface area contributed by atoms with Gasteiger partial charge in [-0.25, -0.2) is 57.8 Å². The lowest BCUT2D eigenvalue weighted by Crippen LogP contribution is -2.63. The molecule has 8 nitrogen and oxygen atoms in total. The molecule has 0 aliphatic carbocycles. The second-order valence-corrected chi connectivity index (χ2v) is 17.8. The first-order valence-corrected chi connectivity index (χ1v) is 19.1. The van der Waals surface area contributed by atoms with Gasteiger partial charge >= 0.3 is 11.9 Å². The Hall–Kier alpha value is -3.36. The van der Waals surface area contributed by atoms with Crippen molar-refractivity contribution in [3.8, 4) is 0 Å². The molecule has 0 bridgehead atoms. The zero-order valence-electron chi connectivity index (χ0n) is 31.8. The molecular weight excluding hydrogens is 811 g/mol. The van der Waals surface area contributed by atoms with Crippen molar-refractivity contribution in [3.05, 3.63) is 83.4 Å². The molecule has 4 atom stereocenters. The van der Waals surface area contributed by atoms with Gasteiger partial charge in [0.15, 0.2) is 11.1 Å². The predicted octanol–water partition coefficient (Wildman–Crippen LogP) is 8.41. The molecule has 2 aromatic rings. The van der Waals surface area contributed by atoms with Gasteiger partial charge in [-0.15, -0.1) is 0 Å². The largest absolute Gasteiger partial charge is 0.466 e. The SMILES string of the molecule is CCOC(=O)/C=C/C(F)(F)[C@](N[S@](=O)C(C)(C)C)(c1ccccc1F)C(F)F.CCOC(=O)CCC(F)(F)[C@](N[S@](=O)C(C)(C)C)(c1ccccc1F)C(F)F. The lowest BCUT2D eigenvalue weighted by Gasteiger charge is -2.41. The van der Waals surface area contributed by atoms with E-state index in [9.17, 15) is 44.3 Å². The molecule has 56 heavy (non-hydrogen) atoms. The maximum atomic E-state index is 15.2. The van der Waals surface area contributed by atoms with Crippen LogP contribution in [0.1, 0.15) is 79.4 Å². The van der Waals surface area contributed by atoms with Crippen molar-refractivity contribution < 1.29 is 71.4 Å². The highest BCUT2D eigenvalue weighted by Crippen LogP contribution is 2.48. The van der Waals surface area contributed by atoms with Gasteiger partial charge in [0.05, 0.1) is 51.1 Å². The summed E-state index contributed by atoms with van der Waals surface area (Å²) in [4.78, 5) is 22.9. The van der Waals surface area contributed by atoms with Crippen LogP contribution in [0.3, 0.4) is 0 Å². The van der Waals surface area contributed by atoms with Crippen LogP contribution in [-0.2, 0) is 52.1 Å². The van der Waals surface area contributed by atoms with Crippen molar-refractivity contribution in [2.24, 2.45) is 0 Å². The van der Waals surface area contributed by atoms with E-state index in [2.05, 4.69) is 9.47 Å². The normalized spacial score (nSPS) is 16.1. The zero-order chi connectivity index (χ0) is 43.5. The van der Waals surface area contributed by atoms with Gasteiger partial charge in [-0.05, 0) is 73.6 Å². The Kier molecular flexibility index (Phi) is 18.4. The van der Waals surface area contributed by atoms with E-state index in [4.69, 9.17) is 0 Å². The molecule has 0 saturated carbocycles. The minimum atomic E-state index is -4.52. The number of hydrogen-bond donors (Lipinski definition) is 2. The zero-order valence-corrected chi connectivity index (χ0v) is 33.4. The van der Waals surface area contributed by atoms with E-state index in [-0.39, 0.29) is 25.4 Å². The Morgan fingerprint density at radius 2 is 1.09 bits per heavy atom. The van der Waals surface area contributed by atoms with E-state index < -0.39 is 115 Å². The Morgan fingerprint density at radius 3 is 1.46 bits per heavy atom. The van der Waals surface area contributed by atoms with Gasteiger partial charge in [-0.1, -0.05) is 36.4 Å². The number of carbonyl (C=O) groups excluding carboxylic acids is 2. The summed E-state index contributed by atoms with van der Waals surface area (Å²) in [5.41, 5.74) is -9.42. The molecular formula is C36H46F10N2O6S2. The van der Waals surface area contributed by atoms with Crippen LogP contribution in [-0.4, -0.2) is 67.8 Å². The highest BCUT2D eigenvalue weighted by molar-refractivity contribution is 7.84. The van der Waals surface area contributed by atoms with Crippen LogP contribution in [0.25, 0.3) is 0 Å². The number of alkyl halides is 8. The van der Waals surface area contributed by atoms with E-state index in [1.165, 1.54) is 55.4 Å². The quantitative estimate of drug-likeness (QED) is 0.0940. The van der Waals surface area contributed by atoms with Crippen LogP contribution in [0.5, 0.6) is 0 Å². The van der Waals surface area contributed by atoms with Gasteiger partial charge in [0, 0.05) is 23.6 Å². The fourth-order valence-corrected chi connectivity index (χ4v) is 6.48. The molecule has 318 valence electrons. The molecule has 0 spiro atoms. The average molecular weight is 857 g/mol. The number of hydrogen-bond acceptors (Lipinski definition) is 6. The van der Waals surface area contributed by atoms with Crippen LogP contribution in [0, 0.1) is 11.6 Å². The molecule has 0 aliphatic rings. The van der Waals surface area contributed by atoms with Crippen LogP contribution < -0.4 is 9.44 Å². The molecule has 0 heterocycles. The van der Waals surface area contributed by atoms with Crippen molar-refractivity contribution in [1.29, 1.82) is 0 Å². The lowest BCUT2D eigenvalue weighted by atomic mass is 9.82. The summed E-state index contributed by atoms with van der Waals surface area (Å²) in [5, 5.41) is 0. The molecule has 0 fully saturated rings. The molecule has 0 amide bonds. The molecule has 0 saturated heterocycles. The van der Waals surface area contributed by atoms with Gasteiger partial charge in [0.2, 0.25) is 0 Å². The van der Waals surface area contributed by atoms with Gasteiger partial charge in [-0.2, -0.15) is 8.78 Å². The molecule has 0 aliphatic heterocycles. The Bertz CT molecular complexity index is 1700. The molecule has 0 aromatic heterocycles. The summed E-state index contributed by atoms with van der Waals surface area (Å²) >= 11 is 0. The Balaban J connectivity index is 0.000000560. The van der Waals surface area contributed by atoms with Gasteiger partial charge < -0.3 is 9.47 Å². The van der Waals surface area contributed by atoms with Crippen LogP contribution in [0.15, 0.2) is 60.7 Å². The summed E-state index contributed by atoms with van der Waals surface area (Å²) in [6.07, 6.45) is -9.77. The summed E-state index contributed by atoms with van der Waals surface area (Å²) in [7, 11) is -4.82. The van der Waals surface area contributed by atoms with E-state index in [1.54, 1.807) is 9.44 Å². The van der Waals surface area contributed by atoms with Crippen molar-refractivity contribution in [2.75, 3.05) is 13.2 Å². The maximum Gasteiger partial charge on any atom is 0.330 e. The predicted molar refractivity (Wildman–Crippen MR) is 192 cm³/mol. The highest BCUT2D eigenvalue weighted by Gasteiger charge is 2.64. The van der Waals surface area contributed by atoms with Crippen LogP contribution in [0.4, 0.5) is 43.9 Å². The standard InChI is InChI=1S/C18H24F5NO3S.C18H22F5NO3S/c2*1-5-27-14(25)10-11-17(22,23)18(15(20)21,24-28(26)16(2,3)4)12-8-6-7-9-13(12)19/h6-9,15,24H,5,10-11H2,1-4H3;6-11,15,24H,5H2,1-4H3/b;11-10+/t2*18-,28+/m00/s1. The van der Waals surface area contributed by atoms with Gasteiger partial charge in [-0.3, -0.25) is 4.79 Å². The summed E-state index contributed by atoms with van der Waals surface area (Å²) in [6.45, 7) is 11.0. The van der Waals surface area contributed by atoms with Gasteiger partial charge in [0.25, 0.3) is 24.7 Å². The van der Waals surface area contributed by atoms with Crippen molar-refractivity contribution in [1.82, 2.24) is 9.44 Å². The molecule has 0 radical (unpaired) electrons. The number of carbonyl (C=O) groups is 2. The van der Waals surface area contributed by atoms with Crippen molar-refractivity contribution >= 4 is 33.9 Å². The number of benzene rings is 2. The number of rotatable bonds is 17. The monoisotopic (exact) mass is 856 g/mol. The number of nitrogens with one attached hydrogen (secondary N) is 2. The number of esters is 2. The van der Waals surface area contributed by atoms with Crippen LogP contribution in [0.2, 0.25) is 0 Å². The first-order valence-electron chi connectivity index (χ1n) is 16.8. The maximum absolute atomic E-state index is 15.2. The average Bonchev–Trinajstić information content (AvgIpc) is 3.07. The first-order chi connectivity index (χ1) is 25.6. The van der Waals surface area contributed by atoms with E-state index >= 15 is 17.6 Å². The van der Waals surface area contributed by atoms with E-state index in [0.717, 1.165) is 48.5 Å². The fraction of sp³-hybridized carbons (Fsp3) is 0.556. The number of halogens is 10. The lowest BCUT2D eigenvalue weighted by molar-refractivity contribution is -0.162. The minimum Gasteiger partial charge on any atom is -0.466 e. The molecule has 2 N–H and O–H groups in total. The smallest absolute Gasteiger partial charge is 0.330 e. The highest BCUT2D eigenvalue weighted by atomic mass is 32.2. The van der Waals surface area contributed by atoms with Gasteiger partial charge in [0.1, 0.15) is 11.6 Å². The Labute approximate surface area is 324 Å². The third-order valence-electron chi connectivity index (χ3n) is 7.64. The van der Waals surface area contributed by atoms with Crippen molar-refractivity contribution in [2.45, 2.75) is 113 Å². The summed E-state index contributed by atoms with van der Waals surface area (Å²) in [5.74, 6) is -13.7. The first kappa shape index (κ1) is 50.7. The second-order valence-electron chi connectivity index (χ2n) is 13.9. The summed E-state index contributed by atoms with van der Waals surface area (Å²) < 4.78 is 181. The van der Waals surface area contributed by atoms with Crippen LogP contribution >= 0.6 is 0 Å². The third kappa shape index (κ3) is 12.3. The molecule has 2 aromatic carbocycles. The fourth-order valence-electron chi connectivity index (χ4n) is 4.60. The van der Waals surface area contributed by atoms with E-state index in [0.29, 0.717) is 0 Å².